The van der Waals surface area contributed by atoms with Gasteiger partial charge in [-0.1, -0.05) is 12.1 Å². The Morgan fingerprint density at radius 3 is 2.39 bits per heavy atom. The highest BCUT2D eigenvalue weighted by atomic mass is 19.1. The Labute approximate surface area is 159 Å². The molecule has 1 N–H and O–H groups in total. The molecule has 0 aliphatic carbocycles. The Bertz CT molecular complexity index is 909. The smallest absolute Gasteiger partial charge is 0.337 e. The number of halogens is 2. The van der Waals surface area contributed by atoms with Crippen molar-refractivity contribution in [2.75, 3.05) is 12.4 Å². The molecular formula is C20H17F2NO5. The summed E-state index contributed by atoms with van der Waals surface area (Å²) in [6.45, 7) is 1.30. The van der Waals surface area contributed by atoms with Gasteiger partial charge in [-0.05, 0) is 42.8 Å². The molecule has 0 unspecified atom stereocenters. The van der Waals surface area contributed by atoms with E-state index in [1.165, 1.54) is 32.2 Å². The van der Waals surface area contributed by atoms with Gasteiger partial charge in [0.15, 0.2) is 6.10 Å². The Morgan fingerprint density at radius 2 is 1.75 bits per heavy atom. The molecule has 0 aliphatic heterocycles. The molecule has 1 amide bonds. The van der Waals surface area contributed by atoms with Crippen molar-refractivity contribution in [3.8, 4) is 0 Å². The lowest BCUT2D eigenvalue weighted by Gasteiger charge is -2.12. The lowest BCUT2D eigenvalue weighted by molar-refractivity contribution is -0.148. The number of carbonyl (C=O) groups excluding carboxylic acids is 3. The van der Waals surface area contributed by atoms with Crippen molar-refractivity contribution in [1.82, 2.24) is 0 Å². The second-order valence-corrected chi connectivity index (χ2v) is 5.64. The monoisotopic (exact) mass is 389 g/mol. The van der Waals surface area contributed by atoms with Crippen molar-refractivity contribution in [2.24, 2.45) is 0 Å². The summed E-state index contributed by atoms with van der Waals surface area (Å²) in [4.78, 5) is 35.1. The van der Waals surface area contributed by atoms with Gasteiger partial charge in [-0.25, -0.2) is 18.4 Å². The molecule has 1 atom stereocenters. The third-order valence-electron chi connectivity index (χ3n) is 3.59. The second-order valence-electron chi connectivity index (χ2n) is 5.64. The fourth-order valence-electron chi connectivity index (χ4n) is 2.11. The largest absolute Gasteiger partial charge is 0.465 e. The highest BCUT2D eigenvalue weighted by Gasteiger charge is 2.18. The zero-order valence-electron chi connectivity index (χ0n) is 15.1. The molecule has 0 radical (unpaired) electrons. The molecule has 2 aromatic rings. The van der Waals surface area contributed by atoms with E-state index in [-0.39, 0.29) is 5.69 Å². The Kier molecular flexibility index (Phi) is 6.97. The minimum absolute atomic E-state index is 0.353. The topological polar surface area (TPSA) is 81.7 Å². The predicted molar refractivity (Wildman–Crippen MR) is 97.4 cm³/mol. The Morgan fingerprint density at radius 1 is 1.07 bits per heavy atom. The molecule has 146 valence electrons. The standard InChI is InChI=1S/C20H17F2NO5/c1-12(19(25)23-17-11-15(21)8-9-16(17)22)28-18(24)10-5-13-3-6-14(7-4-13)20(26)27-2/h3-12H,1-2H3,(H,23,25)/b10-5+/t12-/m1/s1. The molecule has 0 heterocycles. The molecule has 0 saturated carbocycles. The maximum atomic E-state index is 13.5. The van der Waals surface area contributed by atoms with Crippen molar-refractivity contribution in [1.29, 1.82) is 0 Å². The van der Waals surface area contributed by atoms with Crippen LogP contribution < -0.4 is 5.32 Å². The van der Waals surface area contributed by atoms with Crippen molar-refractivity contribution >= 4 is 29.6 Å². The number of anilines is 1. The SMILES string of the molecule is COC(=O)c1ccc(/C=C/C(=O)O[C@H](C)C(=O)Nc2cc(F)ccc2F)cc1. The molecule has 8 heteroatoms. The molecule has 0 aromatic heterocycles. The lowest BCUT2D eigenvalue weighted by Crippen LogP contribution is -2.29. The molecule has 0 bridgehead atoms. The van der Waals surface area contributed by atoms with Crippen LogP contribution >= 0.6 is 0 Å². The fourth-order valence-corrected chi connectivity index (χ4v) is 2.11. The number of methoxy groups -OCH3 is 1. The van der Waals surface area contributed by atoms with Gasteiger partial charge < -0.3 is 14.8 Å². The third-order valence-corrected chi connectivity index (χ3v) is 3.59. The van der Waals surface area contributed by atoms with Gasteiger partial charge in [-0.2, -0.15) is 0 Å². The van der Waals surface area contributed by atoms with Crippen molar-refractivity contribution in [3.63, 3.8) is 0 Å². The number of ether oxygens (including phenoxy) is 2. The van der Waals surface area contributed by atoms with Gasteiger partial charge in [0.25, 0.3) is 5.91 Å². The maximum absolute atomic E-state index is 13.5. The van der Waals surface area contributed by atoms with Crippen molar-refractivity contribution < 1.29 is 32.6 Å². The highest BCUT2D eigenvalue weighted by molar-refractivity contribution is 5.96. The quantitative estimate of drug-likeness (QED) is 0.605. The summed E-state index contributed by atoms with van der Waals surface area (Å²) in [7, 11) is 1.27. The van der Waals surface area contributed by atoms with Gasteiger partial charge in [0.2, 0.25) is 0 Å². The maximum Gasteiger partial charge on any atom is 0.337 e. The van der Waals surface area contributed by atoms with Crippen molar-refractivity contribution in [2.45, 2.75) is 13.0 Å². The van der Waals surface area contributed by atoms with Crippen LogP contribution in [0.1, 0.15) is 22.8 Å². The molecule has 0 fully saturated rings. The van der Waals surface area contributed by atoms with Crippen LogP contribution in [0.5, 0.6) is 0 Å². The van der Waals surface area contributed by atoms with Gasteiger partial charge in [-0.15, -0.1) is 0 Å². The average Bonchev–Trinajstić information content (AvgIpc) is 2.68. The van der Waals surface area contributed by atoms with Crippen LogP contribution in [0.2, 0.25) is 0 Å². The van der Waals surface area contributed by atoms with Crippen LogP contribution in [0.15, 0.2) is 48.5 Å². The summed E-state index contributed by atoms with van der Waals surface area (Å²) in [5, 5.41) is 2.15. The van der Waals surface area contributed by atoms with E-state index >= 15 is 0 Å². The van der Waals surface area contributed by atoms with E-state index in [2.05, 4.69) is 10.1 Å². The average molecular weight is 389 g/mol. The number of esters is 2. The number of carbonyl (C=O) groups is 3. The van der Waals surface area contributed by atoms with Crippen LogP contribution in [0, 0.1) is 11.6 Å². The normalized spacial score (nSPS) is 11.7. The number of nitrogens with one attached hydrogen (secondary N) is 1. The first-order valence-electron chi connectivity index (χ1n) is 8.13. The zero-order chi connectivity index (χ0) is 20.7. The van der Waals surface area contributed by atoms with Crippen LogP contribution in [0.4, 0.5) is 14.5 Å². The van der Waals surface area contributed by atoms with Gasteiger partial charge in [0.1, 0.15) is 11.6 Å². The summed E-state index contributed by atoms with van der Waals surface area (Å²) in [5.41, 5.74) is 0.620. The molecule has 0 spiro atoms. The molecule has 0 saturated heterocycles. The van der Waals surface area contributed by atoms with Gasteiger partial charge >= 0.3 is 11.9 Å². The van der Waals surface area contributed by atoms with Crippen LogP contribution in [0.3, 0.4) is 0 Å². The number of amides is 1. The summed E-state index contributed by atoms with van der Waals surface area (Å²) >= 11 is 0. The first-order chi connectivity index (χ1) is 13.3. The van der Waals surface area contributed by atoms with Crippen LogP contribution in [0.25, 0.3) is 6.08 Å². The first-order valence-corrected chi connectivity index (χ1v) is 8.13. The van der Waals surface area contributed by atoms with E-state index in [1.807, 2.05) is 0 Å². The summed E-state index contributed by atoms with van der Waals surface area (Å²) in [5.74, 6) is -3.64. The lowest BCUT2D eigenvalue weighted by atomic mass is 10.1. The molecule has 2 aromatic carbocycles. The Balaban J connectivity index is 1.92. The summed E-state index contributed by atoms with van der Waals surface area (Å²) in [6.07, 6.45) is 1.29. The van der Waals surface area contributed by atoms with Crippen molar-refractivity contribution in [3.05, 3.63) is 71.3 Å². The number of hydrogen-bond acceptors (Lipinski definition) is 5. The van der Waals surface area contributed by atoms with Gasteiger partial charge in [-0.3, -0.25) is 4.79 Å². The molecule has 28 heavy (non-hydrogen) atoms. The van der Waals surface area contributed by atoms with Gasteiger partial charge in [0, 0.05) is 12.1 Å². The number of rotatable bonds is 6. The molecular weight excluding hydrogens is 372 g/mol. The predicted octanol–water partition coefficient (Wildman–Crippen LogP) is 3.34. The fraction of sp³-hybridized carbons (Fsp3) is 0.150. The van der Waals surface area contributed by atoms with E-state index in [1.54, 1.807) is 12.1 Å². The van der Waals surface area contributed by atoms with E-state index in [0.717, 1.165) is 24.3 Å². The van der Waals surface area contributed by atoms with Crippen LogP contribution in [-0.4, -0.2) is 31.1 Å². The first kappa shape index (κ1) is 20.8. The number of benzene rings is 2. The third kappa shape index (κ3) is 5.73. The zero-order valence-corrected chi connectivity index (χ0v) is 15.1. The van der Waals surface area contributed by atoms with E-state index in [4.69, 9.17) is 4.74 Å². The van der Waals surface area contributed by atoms with E-state index < -0.39 is 35.6 Å². The summed E-state index contributed by atoms with van der Waals surface area (Å²) in [6, 6.07) is 8.85. The Hall–Kier alpha value is -3.55. The van der Waals surface area contributed by atoms with Crippen LogP contribution in [-0.2, 0) is 19.1 Å². The van der Waals surface area contributed by atoms with E-state index in [9.17, 15) is 23.2 Å². The second kappa shape index (κ2) is 9.40. The molecule has 6 nitrogen and oxygen atoms in total. The minimum Gasteiger partial charge on any atom is -0.465 e. The van der Waals surface area contributed by atoms with E-state index in [0.29, 0.717) is 11.1 Å². The number of hydrogen-bond donors (Lipinski definition) is 1. The minimum atomic E-state index is -1.23. The van der Waals surface area contributed by atoms with Gasteiger partial charge in [0.05, 0.1) is 18.4 Å². The highest BCUT2D eigenvalue weighted by Crippen LogP contribution is 2.16. The molecule has 2 rings (SSSR count). The molecule has 0 aliphatic rings. The summed E-state index contributed by atoms with van der Waals surface area (Å²) < 4.78 is 36.2.